The average Bonchev–Trinajstić information content (AvgIpc) is 2.41. The van der Waals surface area contributed by atoms with Crippen molar-refractivity contribution < 1.29 is 4.74 Å². The number of para-hydroxylation sites is 1. The average molecular weight is 261 g/mol. The van der Waals surface area contributed by atoms with Gasteiger partial charge in [0.1, 0.15) is 5.75 Å². The maximum Gasteiger partial charge on any atom is 0.227 e. The van der Waals surface area contributed by atoms with Crippen LogP contribution < -0.4 is 9.16 Å². The van der Waals surface area contributed by atoms with E-state index in [1.165, 1.54) is 0 Å². The predicted molar refractivity (Wildman–Crippen MR) is 78.4 cm³/mol. The molecule has 0 atom stereocenters. The van der Waals surface area contributed by atoms with E-state index in [4.69, 9.17) is 4.74 Å². The van der Waals surface area contributed by atoms with E-state index in [-0.39, 0.29) is 0 Å². The van der Waals surface area contributed by atoms with Gasteiger partial charge in [0.2, 0.25) is 5.88 Å². The van der Waals surface area contributed by atoms with Gasteiger partial charge in [0.25, 0.3) is 0 Å². The molecular weight excluding hydrogens is 249 g/mol. The lowest BCUT2D eigenvalue weighted by atomic mass is 10.1. The predicted octanol–water partition coefficient (Wildman–Crippen LogP) is 3.13. The number of aromatic nitrogens is 1. The summed E-state index contributed by atoms with van der Waals surface area (Å²) >= 11 is 2.68. The van der Waals surface area contributed by atoms with Crippen molar-refractivity contribution in [2.75, 3.05) is 0 Å². The van der Waals surface area contributed by atoms with Gasteiger partial charge in [-0.25, -0.2) is 4.98 Å². The largest absolute Gasteiger partial charge is 0.440 e. The molecule has 90 valence electrons. The van der Waals surface area contributed by atoms with Gasteiger partial charge in [0.05, 0.1) is 0 Å². The Morgan fingerprint density at radius 2 is 1.74 bits per heavy atom. The number of hydrogen-bond donors (Lipinski definition) is 0. The Bertz CT molecular complexity index is 740. The summed E-state index contributed by atoms with van der Waals surface area (Å²) in [7, 11) is 0. The summed E-state index contributed by atoms with van der Waals surface area (Å²) < 4.78 is 6.99. The van der Waals surface area contributed by atoms with Gasteiger partial charge in [0.15, 0.2) is 16.3 Å². The number of pyridine rings is 1. The molecule has 0 aliphatic rings. The van der Waals surface area contributed by atoms with Crippen LogP contribution in [0.3, 0.4) is 0 Å². The normalized spacial score (nSPS) is 10.6. The standard InChI is InChI=1S/C16H12NO.Al/c1-12-11-13-7-5-6-10-15(13)16(17-12)18-14-8-3-2-4-9-14;/h2-8,10-11H,1H3;. The molecule has 0 spiro atoms. The topological polar surface area (TPSA) is 22.1 Å². The van der Waals surface area contributed by atoms with Crippen molar-refractivity contribution in [3.63, 3.8) is 0 Å². The Kier molecular flexibility index (Phi) is 3.25. The van der Waals surface area contributed by atoms with Crippen LogP contribution in [0, 0.1) is 6.92 Å². The Morgan fingerprint density at radius 1 is 1.00 bits per heavy atom. The van der Waals surface area contributed by atoms with Gasteiger partial charge in [-0.3, -0.25) is 0 Å². The van der Waals surface area contributed by atoms with Gasteiger partial charge in [0, 0.05) is 11.1 Å². The molecule has 0 saturated heterocycles. The summed E-state index contributed by atoms with van der Waals surface area (Å²) in [5.74, 6) is 1.47. The lowest BCUT2D eigenvalue weighted by Crippen LogP contribution is -2.06. The molecule has 19 heavy (non-hydrogen) atoms. The first-order valence-electron chi connectivity index (χ1n) is 6.13. The van der Waals surface area contributed by atoms with Crippen molar-refractivity contribution in [2.45, 2.75) is 6.92 Å². The number of benzene rings is 2. The molecule has 3 aromatic rings. The van der Waals surface area contributed by atoms with E-state index < -0.39 is 0 Å². The number of ether oxygens (including phenoxy) is 1. The van der Waals surface area contributed by atoms with Gasteiger partial charge in [-0.05, 0) is 30.5 Å². The van der Waals surface area contributed by atoms with E-state index in [0.29, 0.717) is 5.88 Å². The minimum absolute atomic E-state index is 0.658. The minimum atomic E-state index is 0.658. The Morgan fingerprint density at radius 3 is 2.58 bits per heavy atom. The Balaban J connectivity index is 2.13. The zero-order valence-electron chi connectivity index (χ0n) is 10.6. The highest BCUT2D eigenvalue weighted by molar-refractivity contribution is 6.34. The Hall–Kier alpha value is -1.82. The molecular formula is C16H12AlNO. The summed E-state index contributed by atoms with van der Waals surface area (Å²) in [6.07, 6.45) is 0. The fourth-order valence-electron chi connectivity index (χ4n) is 2.05. The van der Waals surface area contributed by atoms with Crippen LogP contribution in [0.4, 0.5) is 0 Å². The molecule has 0 amide bonds. The van der Waals surface area contributed by atoms with Crippen molar-refractivity contribution in [3.05, 3.63) is 60.3 Å². The van der Waals surface area contributed by atoms with Crippen LogP contribution in [0.25, 0.3) is 10.8 Å². The zero-order valence-corrected chi connectivity index (χ0v) is 11.8. The van der Waals surface area contributed by atoms with Gasteiger partial charge in [-0.1, -0.05) is 40.8 Å². The van der Waals surface area contributed by atoms with E-state index in [0.717, 1.165) is 26.6 Å². The van der Waals surface area contributed by atoms with E-state index in [1.54, 1.807) is 0 Å². The van der Waals surface area contributed by atoms with Crippen molar-refractivity contribution in [2.24, 2.45) is 0 Å². The molecule has 0 unspecified atom stereocenters. The molecule has 0 fully saturated rings. The monoisotopic (exact) mass is 261 g/mol. The second-order valence-corrected chi connectivity index (χ2v) is 5.05. The number of rotatable bonds is 2. The highest BCUT2D eigenvalue weighted by Crippen LogP contribution is 2.27. The number of aryl methyl sites for hydroxylation is 1. The first-order chi connectivity index (χ1) is 9.24. The minimum Gasteiger partial charge on any atom is -0.440 e. The van der Waals surface area contributed by atoms with E-state index in [9.17, 15) is 0 Å². The van der Waals surface area contributed by atoms with Crippen molar-refractivity contribution in [1.82, 2.24) is 4.98 Å². The molecule has 0 aliphatic heterocycles. The Labute approximate surface area is 120 Å². The fourth-order valence-corrected chi connectivity index (χ4v) is 2.32. The summed E-state index contributed by atoms with van der Waals surface area (Å²) in [6.45, 7) is 1.98. The van der Waals surface area contributed by atoms with E-state index in [1.807, 2.05) is 49.4 Å². The number of fused-ring (bicyclic) bond motifs is 1. The zero-order chi connectivity index (χ0) is 13.2. The second-order valence-electron chi connectivity index (χ2n) is 4.43. The molecule has 3 rings (SSSR count). The lowest BCUT2D eigenvalue weighted by Gasteiger charge is -2.11. The first kappa shape index (κ1) is 12.2. The SMILES string of the molecule is Cc1cc2ccccc2c(Oc2cccc[c]2[Al])n1. The van der Waals surface area contributed by atoms with Crippen LogP contribution in [-0.2, 0) is 0 Å². The quantitative estimate of drug-likeness (QED) is 0.661. The summed E-state index contributed by atoms with van der Waals surface area (Å²) in [5.41, 5.74) is 0.954. The lowest BCUT2D eigenvalue weighted by molar-refractivity contribution is 0.471. The van der Waals surface area contributed by atoms with Crippen LogP contribution in [0.2, 0.25) is 0 Å². The highest BCUT2D eigenvalue weighted by Gasteiger charge is 2.07. The van der Waals surface area contributed by atoms with Crippen LogP contribution in [0.15, 0.2) is 54.6 Å². The molecule has 0 N–H and O–H groups in total. The third-order valence-electron chi connectivity index (χ3n) is 2.96. The van der Waals surface area contributed by atoms with Crippen LogP contribution in [0.5, 0.6) is 11.6 Å². The molecule has 1 heterocycles. The van der Waals surface area contributed by atoms with E-state index in [2.05, 4.69) is 33.4 Å². The van der Waals surface area contributed by atoms with Crippen LogP contribution in [-0.4, -0.2) is 21.3 Å². The molecule has 0 bridgehead atoms. The summed E-state index contributed by atoms with van der Waals surface area (Å²) in [6, 6.07) is 18.1. The van der Waals surface area contributed by atoms with E-state index >= 15 is 0 Å². The number of nitrogens with zero attached hydrogens (tertiary/aromatic N) is 1. The van der Waals surface area contributed by atoms with Gasteiger partial charge < -0.3 is 4.74 Å². The molecule has 2 radical (unpaired) electrons. The maximum atomic E-state index is 5.97. The highest BCUT2D eigenvalue weighted by atomic mass is 27.0. The maximum absolute atomic E-state index is 5.97. The molecule has 1 aromatic heterocycles. The van der Waals surface area contributed by atoms with Crippen LogP contribution in [0.1, 0.15) is 5.69 Å². The molecule has 2 nitrogen and oxygen atoms in total. The first-order valence-corrected chi connectivity index (χ1v) is 6.70. The van der Waals surface area contributed by atoms with Crippen molar-refractivity contribution in [3.8, 4) is 11.6 Å². The van der Waals surface area contributed by atoms with Crippen LogP contribution >= 0.6 is 0 Å². The van der Waals surface area contributed by atoms with Gasteiger partial charge in [-0.15, -0.1) is 0 Å². The molecule has 0 aliphatic carbocycles. The summed E-state index contributed by atoms with van der Waals surface area (Å²) in [4.78, 5) is 4.51. The fraction of sp³-hybridized carbons (Fsp3) is 0.0625. The molecule has 3 heteroatoms. The molecule has 2 aromatic carbocycles. The van der Waals surface area contributed by atoms with Crippen molar-refractivity contribution in [1.29, 1.82) is 0 Å². The third kappa shape index (κ3) is 2.49. The van der Waals surface area contributed by atoms with Crippen molar-refractivity contribution >= 4 is 31.5 Å². The van der Waals surface area contributed by atoms with Gasteiger partial charge >= 0.3 is 0 Å². The third-order valence-corrected chi connectivity index (χ3v) is 3.44. The molecule has 0 saturated carbocycles. The van der Waals surface area contributed by atoms with Gasteiger partial charge in [-0.2, -0.15) is 0 Å². The summed E-state index contributed by atoms with van der Waals surface area (Å²) in [5, 5.41) is 2.17. The second kappa shape index (κ2) is 5.05. The number of hydrogen-bond acceptors (Lipinski definition) is 2. The smallest absolute Gasteiger partial charge is 0.227 e.